The van der Waals surface area contributed by atoms with Gasteiger partial charge in [0.1, 0.15) is 16.7 Å². The topological polar surface area (TPSA) is 86.1 Å². The van der Waals surface area contributed by atoms with Gasteiger partial charge in [-0.1, -0.05) is 0 Å². The summed E-state index contributed by atoms with van der Waals surface area (Å²) in [7, 11) is -3.50. The van der Waals surface area contributed by atoms with E-state index in [0.29, 0.717) is 19.6 Å². The summed E-state index contributed by atoms with van der Waals surface area (Å²) < 4.78 is 26.1. The van der Waals surface area contributed by atoms with Crippen molar-refractivity contribution in [1.82, 2.24) is 14.6 Å². The molecule has 0 aromatic carbocycles. The third kappa shape index (κ3) is 2.51. The van der Waals surface area contributed by atoms with Crippen molar-refractivity contribution in [3.63, 3.8) is 0 Å². The van der Waals surface area contributed by atoms with Gasteiger partial charge in [0, 0.05) is 31.9 Å². The van der Waals surface area contributed by atoms with Gasteiger partial charge >= 0.3 is 0 Å². The molecule has 1 fully saturated rings. The minimum absolute atomic E-state index is 0.135. The molecule has 1 aromatic heterocycles. The van der Waals surface area contributed by atoms with Crippen LogP contribution in [0.3, 0.4) is 0 Å². The predicted molar refractivity (Wildman–Crippen MR) is 65.2 cm³/mol. The number of nitrogens with zero attached hydrogens (tertiary/aromatic N) is 3. The second kappa shape index (κ2) is 5.02. The van der Waals surface area contributed by atoms with E-state index < -0.39 is 10.0 Å². The van der Waals surface area contributed by atoms with Gasteiger partial charge in [-0.05, 0) is 19.1 Å². The highest BCUT2D eigenvalue weighted by Crippen LogP contribution is 2.16. The van der Waals surface area contributed by atoms with E-state index in [-0.39, 0.29) is 16.6 Å². The first-order valence-electron chi connectivity index (χ1n) is 5.64. The molecule has 1 unspecified atom stereocenters. The van der Waals surface area contributed by atoms with E-state index in [1.54, 1.807) is 0 Å². The fourth-order valence-corrected chi connectivity index (χ4v) is 3.34. The van der Waals surface area contributed by atoms with Crippen LogP contribution < -0.4 is 5.32 Å². The smallest absolute Gasteiger partial charge is 0.244 e. The third-order valence-electron chi connectivity index (χ3n) is 2.82. The van der Waals surface area contributed by atoms with Gasteiger partial charge in [-0.25, -0.2) is 13.4 Å². The Bertz CT molecular complexity index is 562. The first-order chi connectivity index (χ1) is 8.54. The Balaban J connectivity index is 2.27. The van der Waals surface area contributed by atoms with E-state index in [2.05, 4.69) is 10.3 Å². The summed E-state index contributed by atoms with van der Waals surface area (Å²) in [5, 5.41) is 11.8. The summed E-state index contributed by atoms with van der Waals surface area (Å²) in [4.78, 5) is 3.93. The van der Waals surface area contributed by atoms with E-state index in [1.165, 1.54) is 22.6 Å². The monoisotopic (exact) mass is 266 g/mol. The molecule has 0 spiro atoms. The molecule has 18 heavy (non-hydrogen) atoms. The molecule has 1 atom stereocenters. The van der Waals surface area contributed by atoms with Crippen LogP contribution in [0, 0.1) is 11.3 Å². The van der Waals surface area contributed by atoms with E-state index in [4.69, 9.17) is 5.26 Å². The van der Waals surface area contributed by atoms with Crippen LogP contribution in [0.1, 0.15) is 12.6 Å². The summed E-state index contributed by atoms with van der Waals surface area (Å²) in [6.07, 6.45) is 1.24. The largest absolute Gasteiger partial charge is 0.312 e. The number of sulfonamides is 1. The molecule has 6 nitrogen and oxygen atoms in total. The Hall–Kier alpha value is -1.49. The molecular formula is C11H14N4O2S. The van der Waals surface area contributed by atoms with Crippen LogP contribution in [0.15, 0.2) is 23.2 Å². The average molecular weight is 266 g/mol. The van der Waals surface area contributed by atoms with Crippen LogP contribution in [0.2, 0.25) is 0 Å². The summed E-state index contributed by atoms with van der Waals surface area (Å²) in [6.45, 7) is 3.48. The van der Waals surface area contributed by atoms with Gasteiger partial charge < -0.3 is 5.32 Å². The molecule has 2 rings (SSSR count). The van der Waals surface area contributed by atoms with Gasteiger partial charge in [0.15, 0.2) is 0 Å². The van der Waals surface area contributed by atoms with E-state index in [9.17, 15) is 8.42 Å². The number of piperazine rings is 1. The standard InChI is InChI=1S/C11H14N4O2S/c1-9-8-15(5-4-13-9)18(16,17)11-3-2-10(6-12)14-7-11/h2-3,7,9,13H,4-5,8H2,1H3. The average Bonchev–Trinajstić information content (AvgIpc) is 2.39. The van der Waals surface area contributed by atoms with Gasteiger partial charge in [0.05, 0.1) is 0 Å². The molecule has 0 saturated carbocycles. The Morgan fingerprint density at radius 2 is 2.33 bits per heavy atom. The Morgan fingerprint density at radius 1 is 1.56 bits per heavy atom. The van der Waals surface area contributed by atoms with E-state index >= 15 is 0 Å². The normalized spacial score (nSPS) is 21.4. The van der Waals surface area contributed by atoms with Crippen LogP contribution in [-0.4, -0.2) is 43.4 Å². The maximum atomic E-state index is 12.3. The maximum Gasteiger partial charge on any atom is 0.244 e. The molecule has 7 heteroatoms. The minimum Gasteiger partial charge on any atom is -0.312 e. The fraction of sp³-hybridized carbons (Fsp3) is 0.455. The fourth-order valence-electron chi connectivity index (χ4n) is 1.86. The molecule has 1 aliphatic rings. The van der Waals surface area contributed by atoms with Crippen molar-refractivity contribution in [1.29, 1.82) is 5.26 Å². The number of hydrogen-bond acceptors (Lipinski definition) is 5. The third-order valence-corrected chi connectivity index (χ3v) is 4.67. The van der Waals surface area contributed by atoms with Crippen LogP contribution in [0.5, 0.6) is 0 Å². The maximum absolute atomic E-state index is 12.3. The first-order valence-corrected chi connectivity index (χ1v) is 7.08. The van der Waals surface area contributed by atoms with Crippen LogP contribution in [0.25, 0.3) is 0 Å². The Labute approximate surface area is 106 Å². The highest BCUT2D eigenvalue weighted by molar-refractivity contribution is 7.89. The second-order valence-electron chi connectivity index (χ2n) is 4.21. The SMILES string of the molecule is CC1CN(S(=O)(=O)c2ccc(C#N)nc2)CCN1. The van der Waals surface area contributed by atoms with Gasteiger partial charge in [-0.15, -0.1) is 0 Å². The number of nitriles is 1. The molecule has 96 valence electrons. The molecular weight excluding hydrogens is 252 g/mol. The van der Waals surface area contributed by atoms with Crippen molar-refractivity contribution in [3.05, 3.63) is 24.0 Å². The Morgan fingerprint density at radius 3 is 2.89 bits per heavy atom. The van der Waals surface area contributed by atoms with Crippen molar-refractivity contribution < 1.29 is 8.42 Å². The molecule has 0 bridgehead atoms. The van der Waals surface area contributed by atoms with E-state index in [1.807, 2.05) is 13.0 Å². The lowest BCUT2D eigenvalue weighted by atomic mass is 10.3. The predicted octanol–water partition coefficient (Wildman–Crippen LogP) is -0.0643. The summed E-state index contributed by atoms with van der Waals surface area (Å²) in [5.41, 5.74) is 0.211. The van der Waals surface area contributed by atoms with E-state index in [0.717, 1.165) is 0 Å². The summed E-state index contributed by atoms with van der Waals surface area (Å²) >= 11 is 0. The van der Waals surface area contributed by atoms with Crippen molar-refractivity contribution in [2.24, 2.45) is 0 Å². The Kier molecular flexibility index (Phi) is 3.61. The first kappa shape index (κ1) is 13.0. The molecule has 2 heterocycles. The van der Waals surface area contributed by atoms with Crippen molar-refractivity contribution >= 4 is 10.0 Å². The summed E-state index contributed by atoms with van der Waals surface area (Å²) in [6, 6.07) is 4.84. The van der Waals surface area contributed by atoms with Crippen LogP contribution in [-0.2, 0) is 10.0 Å². The zero-order valence-electron chi connectivity index (χ0n) is 10.00. The molecule has 0 amide bonds. The zero-order valence-corrected chi connectivity index (χ0v) is 10.8. The molecule has 0 aliphatic carbocycles. The second-order valence-corrected chi connectivity index (χ2v) is 6.15. The van der Waals surface area contributed by atoms with Gasteiger partial charge in [0.25, 0.3) is 0 Å². The lowest BCUT2D eigenvalue weighted by Crippen LogP contribution is -2.51. The highest BCUT2D eigenvalue weighted by atomic mass is 32.2. The van der Waals surface area contributed by atoms with Gasteiger partial charge in [0.2, 0.25) is 10.0 Å². The van der Waals surface area contributed by atoms with Crippen LogP contribution >= 0.6 is 0 Å². The number of nitrogens with one attached hydrogen (secondary N) is 1. The molecule has 0 radical (unpaired) electrons. The zero-order chi connectivity index (χ0) is 13.2. The van der Waals surface area contributed by atoms with Crippen molar-refractivity contribution in [2.45, 2.75) is 17.9 Å². The molecule has 1 N–H and O–H groups in total. The minimum atomic E-state index is -3.50. The van der Waals surface area contributed by atoms with Crippen molar-refractivity contribution in [3.8, 4) is 6.07 Å². The lowest BCUT2D eigenvalue weighted by molar-refractivity contribution is 0.310. The molecule has 1 saturated heterocycles. The number of rotatable bonds is 2. The number of hydrogen-bond donors (Lipinski definition) is 1. The van der Waals surface area contributed by atoms with Crippen molar-refractivity contribution in [2.75, 3.05) is 19.6 Å². The van der Waals surface area contributed by atoms with Gasteiger partial charge in [-0.3, -0.25) is 0 Å². The molecule has 1 aromatic rings. The lowest BCUT2D eigenvalue weighted by Gasteiger charge is -2.30. The molecule has 1 aliphatic heterocycles. The van der Waals surface area contributed by atoms with Gasteiger partial charge in [-0.2, -0.15) is 9.57 Å². The number of aromatic nitrogens is 1. The van der Waals surface area contributed by atoms with Crippen LogP contribution in [0.4, 0.5) is 0 Å². The summed E-state index contributed by atoms with van der Waals surface area (Å²) in [5.74, 6) is 0. The quantitative estimate of drug-likeness (QED) is 0.810. The highest BCUT2D eigenvalue weighted by Gasteiger charge is 2.28. The number of pyridine rings is 1.